The Morgan fingerprint density at radius 3 is 2.86 bits per heavy atom. The summed E-state index contributed by atoms with van der Waals surface area (Å²) >= 11 is 1.48. The molecule has 22 heavy (non-hydrogen) atoms. The van der Waals surface area contributed by atoms with E-state index in [1.54, 1.807) is 6.07 Å². The van der Waals surface area contributed by atoms with Gasteiger partial charge in [0.05, 0.1) is 0 Å². The first-order chi connectivity index (χ1) is 10.6. The molecule has 0 radical (unpaired) electrons. The second-order valence-corrected chi connectivity index (χ2v) is 5.80. The second kappa shape index (κ2) is 6.11. The molecule has 0 atom stereocenters. The zero-order chi connectivity index (χ0) is 15.5. The highest BCUT2D eigenvalue weighted by Crippen LogP contribution is 2.35. The number of hydrogen-bond donors (Lipinski definition) is 3. The average Bonchev–Trinajstić information content (AvgIpc) is 2.89. The predicted octanol–water partition coefficient (Wildman–Crippen LogP) is 4.23. The molecule has 1 amide bonds. The molecular formula is C16H13FN2O2S. The van der Waals surface area contributed by atoms with Crippen molar-refractivity contribution in [2.24, 2.45) is 0 Å². The molecule has 0 aliphatic carbocycles. The van der Waals surface area contributed by atoms with Gasteiger partial charge in [-0.25, -0.2) is 9.18 Å². The molecule has 0 fully saturated rings. The summed E-state index contributed by atoms with van der Waals surface area (Å²) in [6.07, 6.45) is 0.768. The Morgan fingerprint density at radius 1 is 1.23 bits per heavy atom. The van der Waals surface area contributed by atoms with Gasteiger partial charge in [-0.2, -0.15) is 0 Å². The predicted molar refractivity (Wildman–Crippen MR) is 83.7 cm³/mol. The lowest BCUT2D eigenvalue weighted by atomic mass is 10.2. The van der Waals surface area contributed by atoms with E-state index in [2.05, 4.69) is 10.3 Å². The van der Waals surface area contributed by atoms with E-state index in [9.17, 15) is 9.18 Å². The van der Waals surface area contributed by atoms with Crippen molar-refractivity contribution in [2.75, 3.05) is 0 Å². The number of aromatic amines is 1. The van der Waals surface area contributed by atoms with Crippen LogP contribution in [0, 0.1) is 5.82 Å². The zero-order valence-corrected chi connectivity index (χ0v) is 12.3. The molecule has 1 aromatic heterocycles. The molecule has 3 N–H and O–H groups in total. The van der Waals surface area contributed by atoms with Crippen LogP contribution in [0.25, 0.3) is 10.9 Å². The third kappa shape index (κ3) is 3.07. The summed E-state index contributed by atoms with van der Waals surface area (Å²) in [7, 11) is 0. The molecule has 0 aliphatic heterocycles. The molecule has 0 saturated carbocycles. The van der Waals surface area contributed by atoms with E-state index < -0.39 is 6.09 Å². The van der Waals surface area contributed by atoms with Crippen molar-refractivity contribution in [1.82, 2.24) is 10.3 Å². The Bertz CT molecular complexity index is 832. The Kier molecular flexibility index (Phi) is 4.02. The van der Waals surface area contributed by atoms with E-state index in [1.165, 1.54) is 23.9 Å². The first kappa shape index (κ1) is 14.5. The summed E-state index contributed by atoms with van der Waals surface area (Å²) < 4.78 is 13.4. The van der Waals surface area contributed by atoms with Gasteiger partial charge in [-0.15, -0.1) is 0 Å². The van der Waals surface area contributed by atoms with Gasteiger partial charge < -0.3 is 15.4 Å². The first-order valence-electron chi connectivity index (χ1n) is 6.62. The van der Waals surface area contributed by atoms with Crippen LogP contribution < -0.4 is 5.32 Å². The standard InChI is InChI=1S/C16H13FN2O2S/c17-11-5-6-13-12(7-11)15(9-18-13)22-14-4-2-1-3-10(14)8-19-16(20)21/h1-7,9,18-19H,8H2,(H,20,21). The molecule has 3 aromatic rings. The van der Waals surface area contributed by atoms with E-state index in [0.29, 0.717) is 0 Å². The van der Waals surface area contributed by atoms with Gasteiger partial charge >= 0.3 is 6.09 Å². The summed E-state index contributed by atoms with van der Waals surface area (Å²) in [5.41, 5.74) is 1.74. The monoisotopic (exact) mass is 316 g/mol. The van der Waals surface area contributed by atoms with Crippen molar-refractivity contribution in [3.63, 3.8) is 0 Å². The number of rotatable bonds is 4. The Hall–Kier alpha value is -2.47. The fourth-order valence-electron chi connectivity index (χ4n) is 2.19. The number of H-pyrrole nitrogens is 1. The highest BCUT2D eigenvalue weighted by molar-refractivity contribution is 7.99. The number of aromatic nitrogens is 1. The van der Waals surface area contributed by atoms with Crippen LogP contribution in [0.5, 0.6) is 0 Å². The molecule has 4 nitrogen and oxygen atoms in total. The van der Waals surface area contributed by atoms with Gasteiger partial charge in [0.15, 0.2) is 0 Å². The van der Waals surface area contributed by atoms with Gasteiger partial charge in [-0.3, -0.25) is 0 Å². The van der Waals surface area contributed by atoms with Crippen LogP contribution in [-0.4, -0.2) is 16.2 Å². The number of carbonyl (C=O) groups is 1. The molecule has 0 saturated heterocycles. The SMILES string of the molecule is O=C(O)NCc1ccccc1Sc1c[nH]c2ccc(F)cc12. The molecule has 0 spiro atoms. The molecule has 0 aliphatic rings. The molecule has 112 valence electrons. The number of carboxylic acid groups (broad SMARTS) is 1. The number of nitrogens with one attached hydrogen (secondary N) is 2. The number of fused-ring (bicyclic) bond motifs is 1. The van der Waals surface area contributed by atoms with E-state index in [-0.39, 0.29) is 12.4 Å². The highest BCUT2D eigenvalue weighted by atomic mass is 32.2. The molecule has 1 heterocycles. The minimum absolute atomic E-state index is 0.231. The smallest absolute Gasteiger partial charge is 0.404 e. The third-order valence-electron chi connectivity index (χ3n) is 3.23. The van der Waals surface area contributed by atoms with Crippen molar-refractivity contribution in [3.8, 4) is 0 Å². The maximum absolute atomic E-state index is 13.4. The summed E-state index contributed by atoms with van der Waals surface area (Å²) in [5, 5.41) is 11.9. The van der Waals surface area contributed by atoms with Crippen molar-refractivity contribution in [1.29, 1.82) is 0 Å². The van der Waals surface area contributed by atoms with Crippen LogP contribution in [0.3, 0.4) is 0 Å². The second-order valence-electron chi connectivity index (χ2n) is 4.71. The Morgan fingerprint density at radius 2 is 2.05 bits per heavy atom. The normalized spacial score (nSPS) is 10.8. The Labute approximate surface area is 130 Å². The number of hydrogen-bond acceptors (Lipinski definition) is 2. The van der Waals surface area contributed by atoms with Crippen LogP contribution in [0.1, 0.15) is 5.56 Å². The van der Waals surface area contributed by atoms with Crippen LogP contribution in [0.15, 0.2) is 58.5 Å². The van der Waals surface area contributed by atoms with Crippen LogP contribution in [-0.2, 0) is 6.54 Å². The van der Waals surface area contributed by atoms with Gasteiger partial charge in [0.2, 0.25) is 0 Å². The van der Waals surface area contributed by atoms with E-state index >= 15 is 0 Å². The van der Waals surface area contributed by atoms with Gasteiger partial charge in [-0.05, 0) is 29.8 Å². The largest absolute Gasteiger partial charge is 0.465 e. The van der Waals surface area contributed by atoms with Crippen LogP contribution in [0.2, 0.25) is 0 Å². The minimum atomic E-state index is -1.06. The summed E-state index contributed by atoms with van der Waals surface area (Å²) in [6.45, 7) is 0.231. The van der Waals surface area contributed by atoms with E-state index in [0.717, 1.165) is 26.3 Å². The molecule has 2 aromatic carbocycles. The van der Waals surface area contributed by atoms with Crippen LogP contribution >= 0.6 is 11.8 Å². The lowest BCUT2D eigenvalue weighted by Gasteiger charge is -2.08. The maximum Gasteiger partial charge on any atom is 0.404 e. The van der Waals surface area contributed by atoms with Gasteiger partial charge in [0, 0.05) is 33.4 Å². The lowest BCUT2D eigenvalue weighted by Crippen LogP contribution is -2.20. The van der Waals surface area contributed by atoms with Gasteiger partial charge in [0.1, 0.15) is 5.82 Å². The van der Waals surface area contributed by atoms with Gasteiger partial charge in [0.25, 0.3) is 0 Å². The molecule has 3 rings (SSSR count). The summed E-state index contributed by atoms with van der Waals surface area (Å²) in [4.78, 5) is 15.6. The van der Waals surface area contributed by atoms with Crippen molar-refractivity contribution in [3.05, 3.63) is 60.0 Å². The quantitative estimate of drug-likeness (QED) is 0.675. The highest BCUT2D eigenvalue weighted by Gasteiger charge is 2.10. The average molecular weight is 316 g/mol. The van der Waals surface area contributed by atoms with Crippen molar-refractivity contribution >= 4 is 28.8 Å². The number of halogens is 1. The molecule has 6 heteroatoms. The fraction of sp³-hybridized carbons (Fsp3) is 0.0625. The molecular weight excluding hydrogens is 303 g/mol. The van der Waals surface area contributed by atoms with E-state index in [4.69, 9.17) is 5.11 Å². The zero-order valence-electron chi connectivity index (χ0n) is 11.5. The summed E-state index contributed by atoms with van der Waals surface area (Å²) in [6, 6.07) is 12.1. The maximum atomic E-state index is 13.4. The van der Waals surface area contributed by atoms with E-state index in [1.807, 2.05) is 30.5 Å². The molecule has 0 bridgehead atoms. The lowest BCUT2D eigenvalue weighted by molar-refractivity contribution is 0.194. The first-order valence-corrected chi connectivity index (χ1v) is 7.44. The number of amides is 1. The number of benzene rings is 2. The third-order valence-corrected chi connectivity index (χ3v) is 4.40. The summed E-state index contributed by atoms with van der Waals surface area (Å²) in [5.74, 6) is -0.283. The van der Waals surface area contributed by atoms with Crippen molar-refractivity contribution in [2.45, 2.75) is 16.3 Å². The van der Waals surface area contributed by atoms with Crippen molar-refractivity contribution < 1.29 is 14.3 Å². The Balaban J connectivity index is 1.91. The molecule has 0 unspecified atom stereocenters. The van der Waals surface area contributed by atoms with Crippen LogP contribution in [0.4, 0.5) is 9.18 Å². The topological polar surface area (TPSA) is 65.1 Å². The fourth-order valence-corrected chi connectivity index (χ4v) is 3.24. The minimum Gasteiger partial charge on any atom is -0.465 e. The van der Waals surface area contributed by atoms with Gasteiger partial charge in [-0.1, -0.05) is 30.0 Å².